The van der Waals surface area contributed by atoms with Gasteiger partial charge in [0.25, 0.3) is 0 Å². The summed E-state index contributed by atoms with van der Waals surface area (Å²) in [6.07, 6.45) is 2.36. The van der Waals surface area contributed by atoms with E-state index < -0.39 is 24.1 Å². The number of carbonyl (C=O) groups is 2. The number of benzene rings is 1. The Balaban J connectivity index is 0.000000233. The van der Waals surface area contributed by atoms with E-state index in [2.05, 4.69) is 54.4 Å². The highest BCUT2D eigenvalue weighted by Crippen LogP contribution is 2.44. The number of hydrogen-bond acceptors (Lipinski definition) is 5. The highest BCUT2D eigenvalue weighted by molar-refractivity contribution is 5.89. The average Bonchev–Trinajstić information content (AvgIpc) is 3.07. The van der Waals surface area contributed by atoms with Crippen LogP contribution >= 0.6 is 0 Å². The number of rotatable bonds is 5. The summed E-state index contributed by atoms with van der Waals surface area (Å²) in [6.45, 7) is 8.44. The number of aliphatic hydroxyl groups is 2. The summed E-state index contributed by atoms with van der Waals surface area (Å²) in [6, 6.07) is 7.55. The second-order valence-corrected chi connectivity index (χ2v) is 8.56. The number of aliphatic carboxylic acids is 2. The summed E-state index contributed by atoms with van der Waals surface area (Å²) in [5.41, 5.74) is 4.51. The second-order valence-electron chi connectivity index (χ2n) is 8.56. The summed E-state index contributed by atoms with van der Waals surface area (Å²) < 4.78 is 2.36. The fourth-order valence-electron chi connectivity index (χ4n) is 4.95. The van der Waals surface area contributed by atoms with Gasteiger partial charge in [0.1, 0.15) is 0 Å². The molecular weight excluding hydrogens is 400 g/mol. The normalized spacial score (nSPS) is 24.5. The predicted molar refractivity (Wildman–Crippen MR) is 116 cm³/mol. The Hall–Kier alpha value is -2.68. The molecule has 1 fully saturated rings. The van der Waals surface area contributed by atoms with Crippen molar-refractivity contribution in [3.05, 3.63) is 48.2 Å². The monoisotopic (exact) mass is 430 g/mol. The number of nitrogens with zero attached hydrogens (tertiary/aromatic N) is 2. The van der Waals surface area contributed by atoms with Gasteiger partial charge < -0.3 is 29.9 Å². The number of allylic oxidation sites excluding steroid dienone is 1. The molecule has 1 saturated heterocycles. The van der Waals surface area contributed by atoms with Crippen molar-refractivity contribution >= 4 is 22.8 Å². The number of carboxylic acid groups (broad SMARTS) is 2. The Morgan fingerprint density at radius 3 is 2.45 bits per heavy atom. The van der Waals surface area contributed by atoms with E-state index in [4.69, 9.17) is 20.4 Å². The molecule has 168 valence electrons. The molecular formula is C23H30N2O6. The van der Waals surface area contributed by atoms with Crippen LogP contribution in [-0.4, -0.2) is 73.7 Å². The maximum Gasteiger partial charge on any atom is 0.335 e. The fraction of sp³-hybridized carbons (Fsp3) is 0.478. The van der Waals surface area contributed by atoms with Gasteiger partial charge in [-0.2, -0.15) is 0 Å². The lowest BCUT2D eigenvalue weighted by Gasteiger charge is -2.44. The smallest absolute Gasteiger partial charge is 0.335 e. The first-order valence-electron chi connectivity index (χ1n) is 10.4. The summed E-state index contributed by atoms with van der Waals surface area (Å²) in [5, 5.41) is 34.1. The van der Waals surface area contributed by atoms with Crippen LogP contribution in [0.15, 0.2) is 37.1 Å². The Morgan fingerprint density at radius 1 is 1.23 bits per heavy atom. The lowest BCUT2D eigenvalue weighted by atomic mass is 9.73. The zero-order chi connectivity index (χ0) is 22.9. The van der Waals surface area contributed by atoms with E-state index in [1.54, 1.807) is 5.56 Å². The number of likely N-dealkylation sites (N-methyl/N-ethyl adjacent to an activating group) is 1. The van der Waals surface area contributed by atoms with Crippen LogP contribution in [0.1, 0.15) is 30.4 Å². The molecule has 4 rings (SSSR count). The number of likely N-dealkylation sites (tertiary alicyclic amines) is 1. The van der Waals surface area contributed by atoms with Crippen LogP contribution in [0.3, 0.4) is 0 Å². The van der Waals surface area contributed by atoms with Crippen molar-refractivity contribution in [3.63, 3.8) is 0 Å². The van der Waals surface area contributed by atoms with E-state index in [0.29, 0.717) is 12.0 Å². The van der Waals surface area contributed by atoms with Crippen LogP contribution in [0.4, 0.5) is 0 Å². The van der Waals surface area contributed by atoms with Crippen LogP contribution in [0, 0.1) is 5.92 Å². The highest BCUT2D eigenvalue weighted by Gasteiger charge is 2.38. The van der Waals surface area contributed by atoms with E-state index in [9.17, 15) is 9.59 Å². The molecule has 5 unspecified atom stereocenters. The molecule has 0 spiro atoms. The molecule has 1 aromatic carbocycles. The maximum absolute atomic E-state index is 9.77. The molecule has 2 aromatic rings. The number of aliphatic hydroxyl groups excluding tert-OH is 2. The highest BCUT2D eigenvalue weighted by atomic mass is 16.4. The molecule has 0 bridgehead atoms. The molecule has 0 radical (unpaired) electrons. The fourth-order valence-corrected chi connectivity index (χ4v) is 4.95. The lowest BCUT2D eigenvalue weighted by Crippen LogP contribution is -2.47. The largest absolute Gasteiger partial charge is 0.479 e. The van der Waals surface area contributed by atoms with Crippen LogP contribution in [-0.2, 0) is 22.6 Å². The molecule has 1 aromatic heterocycles. The van der Waals surface area contributed by atoms with Gasteiger partial charge in [0, 0.05) is 42.1 Å². The van der Waals surface area contributed by atoms with E-state index in [0.717, 1.165) is 12.5 Å². The van der Waals surface area contributed by atoms with Gasteiger partial charge >= 0.3 is 11.9 Å². The standard InChI is InChI=1S/C19H24N2.C4H6O6/c1-4-8-21-12-14-10-18-16(9-13(2)11-20(18)3)15-6-5-7-17(21)19(14)15;5-1(3(7)8)2(6)4(9)10/h4-7,12-13,16,18H,1,8-11H2,2-3H3;1-2,5-6H,(H,7,8)(H,9,10). The molecule has 5 atom stereocenters. The third-order valence-corrected chi connectivity index (χ3v) is 6.26. The van der Waals surface area contributed by atoms with Crippen molar-refractivity contribution in [2.45, 2.75) is 50.5 Å². The van der Waals surface area contributed by atoms with Crippen molar-refractivity contribution in [1.29, 1.82) is 0 Å². The zero-order valence-electron chi connectivity index (χ0n) is 17.8. The molecule has 1 aliphatic heterocycles. The third-order valence-electron chi connectivity index (χ3n) is 6.26. The maximum atomic E-state index is 9.77. The number of piperidine rings is 1. The molecule has 31 heavy (non-hydrogen) atoms. The zero-order valence-corrected chi connectivity index (χ0v) is 17.8. The number of aromatic nitrogens is 1. The Labute approximate surface area is 181 Å². The Kier molecular flexibility index (Phi) is 6.83. The summed E-state index contributed by atoms with van der Waals surface area (Å²) in [5.74, 6) is -2.04. The quantitative estimate of drug-likeness (QED) is 0.532. The van der Waals surface area contributed by atoms with Gasteiger partial charge in [-0.25, -0.2) is 9.59 Å². The number of hydrogen-bond donors (Lipinski definition) is 4. The molecule has 0 saturated carbocycles. The molecule has 2 aliphatic rings. The van der Waals surface area contributed by atoms with E-state index in [-0.39, 0.29) is 0 Å². The SMILES string of the molecule is C=CCn1cc2c3c(cccc31)C1CC(C)CN(C)C1C2.O=C(O)C(O)C(O)C(=O)O. The molecule has 8 nitrogen and oxygen atoms in total. The number of carboxylic acids is 2. The predicted octanol–water partition coefficient (Wildman–Crippen LogP) is 1.68. The van der Waals surface area contributed by atoms with Gasteiger partial charge in [-0.05, 0) is 43.0 Å². The van der Waals surface area contributed by atoms with Gasteiger partial charge in [-0.1, -0.05) is 25.1 Å². The minimum Gasteiger partial charge on any atom is -0.479 e. The molecule has 0 amide bonds. The summed E-state index contributed by atoms with van der Waals surface area (Å²) in [7, 11) is 2.30. The molecule has 2 heterocycles. The first-order chi connectivity index (χ1) is 14.6. The van der Waals surface area contributed by atoms with Gasteiger partial charge in [0.2, 0.25) is 0 Å². The third kappa shape index (κ3) is 4.51. The minimum atomic E-state index is -2.27. The Bertz CT molecular complexity index is 966. The molecule has 1 aliphatic carbocycles. The lowest BCUT2D eigenvalue weighted by molar-refractivity contribution is -0.165. The average molecular weight is 431 g/mol. The van der Waals surface area contributed by atoms with Crippen LogP contribution in [0.5, 0.6) is 0 Å². The van der Waals surface area contributed by atoms with Gasteiger partial charge in [-0.15, -0.1) is 6.58 Å². The van der Waals surface area contributed by atoms with Crippen LogP contribution < -0.4 is 0 Å². The van der Waals surface area contributed by atoms with Crippen molar-refractivity contribution in [2.24, 2.45) is 5.92 Å². The van der Waals surface area contributed by atoms with Crippen molar-refractivity contribution < 1.29 is 30.0 Å². The van der Waals surface area contributed by atoms with Gasteiger partial charge in [0.05, 0.1) is 0 Å². The minimum absolute atomic E-state index is 0.680. The van der Waals surface area contributed by atoms with Crippen molar-refractivity contribution in [3.8, 4) is 0 Å². The summed E-state index contributed by atoms with van der Waals surface area (Å²) in [4.78, 5) is 22.1. The van der Waals surface area contributed by atoms with Gasteiger partial charge in [0.15, 0.2) is 12.2 Å². The van der Waals surface area contributed by atoms with Crippen molar-refractivity contribution in [2.75, 3.05) is 13.6 Å². The van der Waals surface area contributed by atoms with E-state index in [1.807, 2.05) is 6.08 Å². The van der Waals surface area contributed by atoms with Crippen LogP contribution in [0.25, 0.3) is 10.9 Å². The topological polar surface area (TPSA) is 123 Å². The van der Waals surface area contributed by atoms with E-state index >= 15 is 0 Å². The second kappa shape index (κ2) is 9.21. The Morgan fingerprint density at radius 2 is 1.87 bits per heavy atom. The first-order valence-corrected chi connectivity index (χ1v) is 10.4. The summed E-state index contributed by atoms with van der Waals surface area (Å²) >= 11 is 0. The number of fused-ring (bicyclic) bond motifs is 2. The molecule has 8 heteroatoms. The van der Waals surface area contributed by atoms with Crippen molar-refractivity contribution in [1.82, 2.24) is 9.47 Å². The molecule has 4 N–H and O–H groups in total. The first kappa shape index (κ1) is 23.0. The van der Waals surface area contributed by atoms with E-state index in [1.165, 1.54) is 35.9 Å². The van der Waals surface area contributed by atoms with Crippen LogP contribution in [0.2, 0.25) is 0 Å². The van der Waals surface area contributed by atoms with Gasteiger partial charge in [-0.3, -0.25) is 0 Å².